The Kier molecular flexibility index (Phi) is 8.37. The summed E-state index contributed by atoms with van der Waals surface area (Å²) < 4.78 is 17.6. The van der Waals surface area contributed by atoms with E-state index in [1.807, 2.05) is 55.5 Å². The van der Waals surface area contributed by atoms with E-state index in [1.54, 1.807) is 20.8 Å². The summed E-state index contributed by atoms with van der Waals surface area (Å²) in [6.45, 7) is 7.22. The summed E-state index contributed by atoms with van der Waals surface area (Å²) in [5.74, 6) is 0.414. The average Bonchev–Trinajstić information content (AvgIpc) is 2.80. The molecule has 178 valence electrons. The van der Waals surface area contributed by atoms with Crippen molar-refractivity contribution in [3.05, 3.63) is 66.2 Å². The van der Waals surface area contributed by atoms with Crippen LogP contribution in [0.4, 0.5) is 4.79 Å². The quantitative estimate of drug-likeness (QED) is 0.622. The van der Waals surface area contributed by atoms with E-state index in [9.17, 15) is 9.59 Å². The Morgan fingerprint density at radius 2 is 1.67 bits per heavy atom. The van der Waals surface area contributed by atoms with Gasteiger partial charge in [0.05, 0.1) is 0 Å². The van der Waals surface area contributed by atoms with Crippen LogP contribution in [0.5, 0.6) is 5.75 Å². The van der Waals surface area contributed by atoms with Crippen molar-refractivity contribution < 1.29 is 23.8 Å². The van der Waals surface area contributed by atoms with E-state index >= 15 is 0 Å². The molecule has 1 saturated heterocycles. The van der Waals surface area contributed by atoms with E-state index < -0.39 is 29.8 Å². The number of amides is 1. The largest absolute Gasteiger partial charge is 0.486 e. The Labute approximate surface area is 196 Å². The van der Waals surface area contributed by atoms with Gasteiger partial charge in [0, 0.05) is 5.92 Å². The standard InChI is InChI=1S/C27H35NO5/c1-19-24(32-22-15-9-6-10-16-22)21(18-20-12-7-5-8-13-20)14-11-17-23(25(29)31-19)28-26(30)33-27(2,3)4/h5-10,12-13,15-16,19,21,23-24H,11,14,17-18H2,1-4H3,(H,28,30). The third-order valence-electron chi connectivity index (χ3n) is 5.63. The zero-order chi connectivity index (χ0) is 23.8. The second kappa shape index (κ2) is 11.2. The summed E-state index contributed by atoms with van der Waals surface area (Å²) in [5, 5.41) is 2.69. The second-order valence-corrected chi connectivity index (χ2v) is 9.62. The van der Waals surface area contributed by atoms with Crippen LogP contribution >= 0.6 is 0 Å². The predicted octanol–water partition coefficient (Wildman–Crippen LogP) is 5.30. The molecule has 1 heterocycles. The molecule has 0 saturated carbocycles. The summed E-state index contributed by atoms with van der Waals surface area (Å²) >= 11 is 0. The molecule has 1 aliphatic heterocycles. The molecule has 1 aliphatic rings. The van der Waals surface area contributed by atoms with Crippen LogP contribution < -0.4 is 10.1 Å². The molecule has 6 nitrogen and oxygen atoms in total. The lowest BCUT2D eigenvalue weighted by Gasteiger charge is -2.31. The van der Waals surface area contributed by atoms with Crippen LogP contribution in [0.25, 0.3) is 0 Å². The Hall–Kier alpha value is -3.02. The summed E-state index contributed by atoms with van der Waals surface area (Å²) in [6, 6.07) is 19.1. The number of alkyl carbamates (subject to hydrolysis) is 1. The SMILES string of the molecule is CC1OC(=O)C(NC(=O)OC(C)(C)C)CCCC(Cc2ccccc2)C1Oc1ccccc1. The minimum Gasteiger partial charge on any atom is -0.486 e. The normalized spacial score (nSPS) is 23.9. The van der Waals surface area contributed by atoms with Crippen LogP contribution in [0, 0.1) is 5.92 Å². The van der Waals surface area contributed by atoms with Gasteiger partial charge in [0.2, 0.25) is 0 Å². The van der Waals surface area contributed by atoms with Gasteiger partial charge in [-0.05, 0) is 64.7 Å². The summed E-state index contributed by atoms with van der Waals surface area (Å²) in [7, 11) is 0. The first-order valence-corrected chi connectivity index (χ1v) is 11.7. The van der Waals surface area contributed by atoms with E-state index in [4.69, 9.17) is 14.2 Å². The number of para-hydroxylation sites is 1. The Balaban J connectivity index is 1.79. The minimum atomic E-state index is -0.754. The maximum atomic E-state index is 12.9. The van der Waals surface area contributed by atoms with Crippen molar-refractivity contribution >= 4 is 12.1 Å². The van der Waals surface area contributed by atoms with Gasteiger partial charge in [-0.1, -0.05) is 55.0 Å². The van der Waals surface area contributed by atoms with Crippen molar-refractivity contribution in [2.45, 2.75) is 77.2 Å². The van der Waals surface area contributed by atoms with Gasteiger partial charge in [-0.3, -0.25) is 0 Å². The van der Waals surface area contributed by atoms with E-state index in [0.717, 1.165) is 25.0 Å². The fraction of sp³-hybridized carbons (Fsp3) is 0.481. The van der Waals surface area contributed by atoms with Gasteiger partial charge in [-0.2, -0.15) is 0 Å². The molecule has 3 rings (SSSR count). The molecule has 33 heavy (non-hydrogen) atoms. The van der Waals surface area contributed by atoms with Crippen LogP contribution in [-0.4, -0.2) is 35.9 Å². The summed E-state index contributed by atoms with van der Waals surface area (Å²) in [6.07, 6.45) is 1.44. The predicted molar refractivity (Wildman–Crippen MR) is 127 cm³/mol. The molecule has 4 atom stereocenters. The van der Waals surface area contributed by atoms with Crippen molar-refractivity contribution in [1.29, 1.82) is 0 Å². The molecule has 1 fully saturated rings. The lowest BCUT2D eigenvalue weighted by Crippen LogP contribution is -2.46. The van der Waals surface area contributed by atoms with Gasteiger partial charge in [0.15, 0.2) is 0 Å². The fourth-order valence-corrected chi connectivity index (χ4v) is 4.15. The highest BCUT2D eigenvalue weighted by Crippen LogP contribution is 2.29. The van der Waals surface area contributed by atoms with Gasteiger partial charge in [0.1, 0.15) is 29.6 Å². The van der Waals surface area contributed by atoms with Crippen LogP contribution in [0.1, 0.15) is 52.5 Å². The first-order valence-electron chi connectivity index (χ1n) is 11.7. The monoisotopic (exact) mass is 453 g/mol. The van der Waals surface area contributed by atoms with E-state index in [2.05, 4.69) is 17.4 Å². The maximum absolute atomic E-state index is 12.9. The van der Waals surface area contributed by atoms with Crippen molar-refractivity contribution in [1.82, 2.24) is 5.32 Å². The number of ether oxygens (including phenoxy) is 3. The smallest absolute Gasteiger partial charge is 0.408 e. The van der Waals surface area contributed by atoms with E-state index in [-0.39, 0.29) is 12.0 Å². The molecule has 6 heteroatoms. The fourth-order valence-electron chi connectivity index (χ4n) is 4.15. The van der Waals surface area contributed by atoms with Crippen molar-refractivity contribution in [3.8, 4) is 5.75 Å². The zero-order valence-corrected chi connectivity index (χ0v) is 20.0. The number of rotatable bonds is 5. The highest BCUT2D eigenvalue weighted by molar-refractivity contribution is 5.81. The molecule has 2 aromatic carbocycles. The first-order chi connectivity index (χ1) is 15.7. The number of esters is 1. The third kappa shape index (κ3) is 7.81. The molecule has 0 bridgehead atoms. The van der Waals surface area contributed by atoms with Gasteiger partial charge in [-0.15, -0.1) is 0 Å². The Morgan fingerprint density at radius 3 is 2.30 bits per heavy atom. The topological polar surface area (TPSA) is 73.9 Å². The molecule has 4 unspecified atom stereocenters. The molecule has 0 aromatic heterocycles. The van der Waals surface area contributed by atoms with Gasteiger partial charge in [-0.25, -0.2) is 9.59 Å². The van der Waals surface area contributed by atoms with Crippen LogP contribution in [0.2, 0.25) is 0 Å². The number of hydrogen-bond donors (Lipinski definition) is 1. The van der Waals surface area contributed by atoms with Gasteiger partial charge in [0.25, 0.3) is 0 Å². The number of nitrogens with one attached hydrogen (secondary N) is 1. The third-order valence-corrected chi connectivity index (χ3v) is 5.63. The Bertz CT molecular complexity index is 894. The lowest BCUT2D eigenvalue weighted by atomic mass is 9.87. The molecule has 0 radical (unpaired) electrons. The number of carbonyl (C=O) groups is 2. The maximum Gasteiger partial charge on any atom is 0.408 e. The number of cyclic esters (lactones) is 1. The number of hydrogen-bond acceptors (Lipinski definition) is 5. The highest BCUT2D eigenvalue weighted by Gasteiger charge is 2.36. The summed E-state index contributed by atoms with van der Waals surface area (Å²) in [5.41, 5.74) is 0.570. The molecular formula is C27H35NO5. The lowest BCUT2D eigenvalue weighted by molar-refractivity contribution is -0.156. The first kappa shape index (κ1) is 24.6. The number of benzene rings is 2. The van der Waals surface area contributed by atoms with Gasteiger partial charge >= 0.3 is 12.1 Å². The average molecular weight is 454 g/mol. The Morgan fingerprint density at radius 1 is 1.03 bits per heavy atom. The molecule has 0 aliphatic carbocycles. The van der Waals surface area contributed by atoms with Crippen molar-refractivity contribution in [2.24, 2.45) is 5.92 Å². The molecule has 1 amide bonds. The van der Waals surface area contributed by atoms with Crippen LogP contribution in [0.3, 0.4) is 0 Å². The van der Waals surface area contributed by atoms with E-state index in [1.165, 1.54) is 5.56 Å². The molecular weight excluding hydrogens is 418 g/mol. The highest BCUT2D eigenvalue weighted by atomic mass is 16.6. The second-order valence-electron chi connectivity index (χ2n) is 9.62. The number of carbonyl (C=O) groups excluding carboxylic acids is 2. The van der Waals surface area contributed by atoms with Crippen molar-refractivity contribution in [3.63, 3.8) is 0 Å². The van der Waals surface area contributed by atoms with Crippen molar-refractivity contribution in [2.75, 3.05) is 0 Å². The van der Waals surface area contributed by atoms with Gasteiger partial charge < -0.3 is 19.5 Å². The molecule has 2 aromatic rings. The summed E-state index contributed by atoms with van der Waals surface area (Å²) in [4.78, 5) is 25.2. The van der Waals surface area contributed by atoms with Crippen LogP contribution in [0.15, 0.2) is 60.7 Å². The zero-order valence-electron chi connectivity index (χ0n) is 20.0. The molecule has 1 N–H and O–H groups in total. The molecule has 0 spiro atoms. The minimum absolute atomic E-state index is 0.135. The van der Waals surface area contributed by atoms with E-state index in [0.29, 0.717) is 6.42 Å². The van der Waals surface area contributed by atoms with Crippen LogP contribution in [-0.2, 0) is 20.7 Å².